The maximum Gasteiger partial charge on any atom is 0.409 e. The number of ether oxygens (including phenoxy) is 1. The molecule has 7 heteroatoms. The Balaban J connectivity index is 1.82. The molecule has 0 aliphatic carbocycles. The van der Waals surface area contributed by atoms with Gasteiger partial charge < -0.3 is 15.0 Å². The monoisotopic (exact) mass is 342 g/mol. The molecule has 1 aliphatic heterocycles. The second-order valence-corrected chi connectivity index (χ2v) is 5.81. The first-order chi connectivity index (χ1) is 11.0. The highest BCUT2D eigenvalue weighted by Crippen LogP contribution is 2.20. The zero-order valence-corrected chi connectivity index (χ0v) is 13.7. The van der Waals surface area contributed by atoms with Crippen LogP contribution in [0, 0.1) is 5.82 Å². The lowest BCUT2D eigenvalue weighted by Crippen LogP contribution is -2.47. The molecule has 1 fully saturated rings. The number of carbonyl (C=O) groups excluding carboxylic acids is 2. The summed E-state index contributed by atoms with van der Waals surface area (Å²) in [7, 11) is 0. The van der Waals surface area contributed by atoms with Gasteiger partial charge in [-0.1, -0.05) is 17.7 Å². The molecule has 1 aromatic rings. The van der Waals surface area contributed by atoms with Crippen LogP contribution < -0.4 is 5.32 Å². The Morgan fingerprint density at radius 1 is 1.39 bits per heavy atom. The Morgan fingerprint density at radius 2 is 2.09 bits per heavy atom. The number of benzene rings is 1. The van der Waals surface area contributed by atoms with Crippen LogP contribution in [0.3, 0.4) is 0 Å². The predicted octanol–water partition coefficient (Wildman–Crippen LogP) is 2.76. The highest BCUT2D eigenvalue weighted by atomic mass is 35.5. The number of halogens is 2. The van der Waals surface area contributed by atoms with Gasteiger partial charge in [0.1, 0.15) is 5.82 Å². The molecule has 0 unspecified atom stereocenters. The number of nitrogens with one attached hydrogen (secondary N) is 1. The van der Waals surface area contributed by atoms with Crippen molar-refractivity contribution >= 4 is 23.6 Å². The number of rotatable bonds is 4. The summed E-state index contributed by atoms with van der Waals surface area (Å²) in [5.41, 5.74) is 0.204. The van der Waals surface area contributed by atoms with Gasteiger partial charge in [0.15, 0.2) is 0 Å². The van der Waals surface area contributed by atoms with Crippen molar-refractivity contribution in [3.63, 3.8) is 0 Å². The minimum Gasteiger partial charge on any atom is -0.450 e. The Labute approximate surface area is 139 Å². The summed E-state index contributed by atoms with van der Waals surface area (Å²) in [4.78, 5) is 25.3. The van der Waals surface area contributed by atoms with Gasteiger partial charge in [0, 0.05) is 29.7 Å². The summed E-state index contributed by atoms with van der Waals surface area (Å²) in [6, 6.07) is 4.32. The van der Waals surface area contributed by atoms with Gasteiger partial charge in [-0.25, -0.2) is 9.18 Å². The minimum absolute atomic E-state index is 0.0290. The van der Waals surface area contributed by atoms with Crippen LogP contribution >= 0.6 is 11.6 Å². The maximum atomic E-state index is 13.7. The molecule has 1 heterocycles. The third-order valence-corrected chi connectivity index (χ3v) is 4.14. The zero-order chi connectivity index (χ0) is 16.8. The van der Waals surface area contributed by atoms with Crippen LogP contribution in [0.15, 0.2) is 18.2 Å². The first-order valence-corrected chi connectivity index (χ1v) is 8.03. The number of piperidine rings is 1. The molecule has 1 N–H and O–H groups in total. The van der Waals surface area contributed by atoms with E-state index in [4.69, 9.17) is 16.3 Å². The van der Waals surface area contributed by atoms with Crippen LogP contribution in [-0.2, 0) is 16.0 Å². The average Bonchev–Trinajstić information content (AvgIpc) is 2.52. The summed E-state index contributed by atoms with van der Waals surface area (Å²) < 4.78 is 18.6. The van der Waals surface area contributed by atoms with Gasteiger partial charge >= 0.3 is 6.09 Å². The van der Waals surface area contributed by atoms with E-state index in [1.54, 1.807) is 17.9 Å². The zero-order valence-electron chi connectivity index (χ0n) is 13.0. The number of carbonyl (C=O) groups is 2. The number of amides is 2. The van der Waals surface area contributed by atoms with Crippen molar-refractivity contribution in [2.24, 2.45) is 0 Å². The van der Waals surface area contributed by atoms with Crippen molar-refractivity contribution in [1.82, 2.24) is 10.2 Å². The van der Waals surface area contributed by atoms with Crippen molar-refractivity contribution in [3.8, 4) is 0 Å². The highest BCUT2D eigenvalue weighted by Gasteiger charge is 2.24. The Kier molecular flexibility index (Phi) is 6.21. The van der Waals surface area contributed by atoms with Crippen LogP contribution in [0.5, 0.6) is 0 Å². The number of nitrogens with zero attached hydrogens (tertiary/aromatic N) is 1. The summed E-state index contributed by atoms with van der Waals surface area (Å²) in [6.45, 7) is 3.17. The standard InChI is InChI=1S/C16H20ClFN2O3/c1-2-23-16(22)20-8-6-11(7-9-20)19-15(21)10-12-13(17)4-3-5-14(12)18/h3-5,11H,2,6-10H2,1H3,(H,19,21). The van der Waals surface area contributed by atoms with Gasteiger partial charge in [-0.2, -0.15) is 0 Å². The van der Waals surface area contributed by atoms with Gasteiger partial charge in [0.25, 0.3) is 0 Å². The quantitative estimate of drug-likeness (QED) is 0.915. The lowest BCUT2D eigenvalue weighted by Gasteiger charge is -2.31. The molecule has 23 heavy (non-hydrogen) atoms. The lowest BCUT2D eigenvalue weighted by atomic mass is 10.0. The van der Waals surface area contributed by atoms with E-state index in [1.165, 1.54) is 12.1 Å². The molecule has 1 aliphatic rings. The molecule has 0 spiro atoms. The maximum absolute atomic E-state index is 13.7. The molecule has 0 aromatic heterocycles. The van der Waals surface area contributed by atoms with Crippen LogP contribution in [0.2, 0.25) is 5.02 Å². The molecule has 0 saturated carbocycles. The van der Waals surface area contributed by atoms with Crippen LogP contribution in [-0.4, -0.2) is 42.6 Å². The molecule has 2 amide bonds. The largest absolute Gasteiger partial charge is 0.450 e. The minimum atomic E-state index is -0.482. The third-order valence-electron chi connectivity index (χ3n) is 3.79. The molecule has 5 nitrogen and oxygen atoms in total. The summed E-state index contributed by atoms with van der Waals surface area (Å²) >= 11 is 5.92. The van der Waals surface area contributed by atoms with Gasteiger partial charge in [-0.05, 0) is 31.9 Å². The molecule has 2 rings (SSSR count). The van der Waals surface area contributed by atoms with E-state index in [9.17, 15) is 14.0 Å². The van der Waals surface area contributed by atoms with E-state index in [2.05, 4.69) is 5.32 Å². The van der Waals surface area contributed by atoms with Gasteiger partial charge in [-0.15, -0.1) is 0 Å². The van der Waals surface area contributed by atoms with Crippen molar-refractivity contribution in [2.45, 2.75) is 32.2 Å². The summed E-state index contributed by atoms with van der Waals surface area (Å²) in [5, 5.41) is 3.12. The molecule has 1 aromatic carbocycles. The predicted molar refractivity (Wildman–Crippen MR) is 84.9 cm³/mol. The van der Waals surface area contributed by atoms with Crippen LogP contribution in [0.25, 0.3) is 0 Å². The SMILES string of the molecule is CCOC(=O)N1CCC(NC(=O)Cc2c(F)cccc2Cl)CC1. The van der Waals surface area contributed by atoms with E-state index in [0.29, 0.717) is 32.5 Å². The molecule has 126 valence electrons. The molecule has 0 radical (unpaired) electrons. The number of hydrogen-bond acceptors (Lipinski definition) is 3. The van der Waals surface area contributed by atoms with E-state index < -0.39 is 5.82 Å². The summed E-state index contributed by atoms with van der Waals surface area (Å²) in [6.07, 6.45) is 0.879. The van der Waals surface area contributed by atoms with Crippen LogP contribution in [0.1, 0.15) is 25.3 Å². The molecular weight excluding hydrogens is 323 g/mol. The second-order valence-electron chi connectivity index (χ2n) is 5.40. The number of likely N-dealkylation sites (tertiary alicyclic amines) is 1. The van der Waals surface area contributed by atoms with Crippen molar-refractivity contribution in [3.05, 3.63) is 34.6 Å². The van der Waals surface area contributed by atoms with E-state index >= 15 is 0 Å². The number of hydrogen-bond donors (Lipinski definition) is 1. The molecule has 1 saturated heterocycles. The second kappa shape index (κ2) is 8.15. The van der Waals surface area contributed by atoms with E-state index in [-0.39, 0.29) is 35.0 Å². The Bertz CT molecular complexity index is 554. The fourth-order valence-electron chi connectivity index (χ4n) is 2.56. The van der Waals surface area contributed by atoms with Crippen molar-refractivity contribution in [1.29, 1.82) is 0 Å². The van der Waals surface area contributed by atoms with Gasteiger partial charge in [-0.3, -0.25) is 4.79 Å². The Morgan fingerprint density at radius 3 is 2.70 bits per heavy atom. The van der Waals surface area contributed by atoms with Crippen molar-refractivity contribution in [2.75, 3.05) is 19.7 Å². The highest BCUT2D eigenvalue weighted by molar-refractivity contribution is 6.31. The smallest absolute Gasteiger partial charge is 0.409 e. The first-order valence-electron chi connectivity index (χ1n) is 7.65. The topological polar surface area (TPSA) is 58.6 Å². The molecule has 0 atom stereocenters. The lowest BCUT2D eigenvalue weighted by molar-refractivity contribution is -0.121. The average molecular weight is 343 g/mol. The normalized spacial score (nSPS) is 15.3. The van der Waals surface area contributed by atoms with Crippen LogP contribution in [0.4, 0.5) is 9.18 Å². The van der Waals surface area contributed by atoms with E-state index in [1.807, 2.05) is 0 Å². The van der Waals surface area contributed by atoms with Gasteiger partial charge in [0.05, 0.1) is 13.0 Å². The first kappa shape index (κ1) is 17.5. The fourth-order valence-corrected chi connectivity index (χ4v) is 2.79. The van der Waals surface area contributed by atoms with Gasteiger partial charge in [0.2, 0.25) is 5.91 Å². The summed E-state index contributed by atoms with van der Waals surface area (Å²) in [5.74, 6) is -0.753. The molecule has 0 bridgehead atoms. The van der Waals surface area contributed by atoms with Crippen molar-refractivity contribution < 1.29 is 18.7 Å². The Hall–Kier alpha value is -1.82. The van der Waals surface area contributed by atoms with E-state index in [0.717, 1.165) is 0 Å². The molecular formula is C16H20ClFN2O3. The fraction of sp³-hybridized carbons (Fsp3) is 0.500. The third kappa shape index (κ3) is 4.82.